The van der Waals surface area contributed by atoms with Gasteiger partial charge in [0.15, 0.2) is 5.65 Å². The van der Waals surface area contributed by atoms with Crippen molar-refractivity contribution in [1.82, 2.24) is 14.6 Å². The van der Waals surface area contributed by atoms with Crippen LogP contribution < -0.4 is 9.64 Å². The van der Waals surface area contributed by atoms with Crippen LogP contribution in [-0.4, -0.2) is 34.8 Å². The fraction of sp³-hybridized carbons (Fsp3) is 0.294. The summed E-state index contributed by atoms with van der Waals surface area (Å²) in [6.07, 6.45) is 4.38. The topological polar surface area (TPSA) is 42.7 Å². The van der Waals surface area contributed by atoms with Gasteiger partial charge in [-0.15, -0.1) is 5.10 Å². The number of methoxy groups -OCH3 is 1. The molecule has 5 heteroatoms. The lowest BCUT2D eigenvalue weighted by atomic mass is 10.1. The van der Waals surface area contributed by atoms with Gasteiger partial charge in [-0.1, -0.05) is 0 Å². The van der Waals surface area contributed by atoms with Gasteiger partial charge in [0.25, 0.3) is 0 Å². The highest BCUT2D eigenvalue weighted by Crippen LogP contribution is 2.30. The molecule has 3 aromatic rings. The van der Waals surface area contributed by atoms with Crippen LogP contribution in [0.5, 0.6) is 5.75 Å². The number of rotatable bonds is 4. The summed E-state index contributed by atoms with van der Waals surface area (Å²) in [6, 6.07) is 12.7. The Hall–Kier alpha value is -2.56. The van der Waals surface area contributed by atoms with Gasteiger partial charge in [-0.05, 0) is 49.2 Å². The Balaban J connectivity index is 1.77. The molecule has 2 heterocycles. The maximum absolute atomic E-state index is 5.21. The van der Waals surface area contributed by atoms with Crippen LogP contribution in [0, 0.1) is 0 Å². The van der Waals surface area contributed by atoms with E-state index in [2.05, 4.69) is 16.9 Å². The lowest BCUT2D eigenvalue weighted by Gasteiger charge is -2.17. The number of aromatic nitrogens is 3. The summed E-state index contributed by atoms with van der Waals surface area (Å²) >= 11 is 0. The van der Waals surface area contributed by atoms with Gasteiger partial charge in [-0.2, -0.15) is 0 Å². The zero-order valence-electron chi connectivity index (χ0n) is 12.7. The van der Waals surface area contributed by atoms with Gasteiger partial charge in [0, 0.05) is 18.7 Å². The first-order valence-electron chi connectivity index (χ1n) is 7.48. The van der Waals surface area contributed by atoms with Crippen molar-refractivity contribution in [1.29, 1.82) is 0 Å². The normalized spacial score (nSPS) is 14.3. The molecule has 1 fully saturated rings. The maximum atomic E-state index is 5.21. The van der Waals surface area contributed by atoms with E-state index in [0.717, 1.165) is 28.5 Å². The summed E-state index contributed by atoms with van der Waals surface area (Å²) in [5.74, 6) is 1.84. The highest BCUT2D eigenvalue weighted by Gasteiger charge is 2.27. The van der Waals surface area contributed by atoms with E-state index in [9.17, 15) is 0 Å². The molecule has 0 spiro atoms. The number of imidazole rings is 1. The number of benzene rings is 1. The molecular formula is C17H18N4O. The van der Waals surface area contributed by atoms with Crippen molar-refractivity contribution in [2.45, 2.75) is 18.9 Å². The summed E-state index contributed by atoms with van der Waals surface area (Å²) in [4.78, 5) is 6.70. The minimum Gasteiger partial charge on any atom is -0.497 e. The molecule has 0 saturated heterocycles. The second-order valence-electron chi connectivity index (χ2n) is 5.68. The van der Waals surface area contributed by atoms with E-state index < -0.39 is 0 Å². The summed E-state index contributed by atoms with van der Waals surface area (Å²) in [5, 5.41) is 4.76. The Kier molecular flexibility index (Phi) is 2.99. The highest BCUT2D eigenvalue weighted by molar-refractivity contribution is 5.64. The first kappa shape index (κ1) is 13.1. The predicted molar refractivity (Wildman–Crippen MR) is 86.4 cm³/mol. The second kappa shape index (κ2) is 5.02. The third-order valence-electron chi connectivity index (χ3n) is 4.19. The SMILES string of the molecule is COc1ccc(-c2cnc3ccc(N(C)C4CC4)nn23)cc1. The Morgan fingerprint density at radius 1 is 1.14 bits per heavy atom. The minimum atomic E-state index is 0.637. The van der Waals surface area contributed by atoms with Gasteiger partial charge < -0.3 is 9.64 Å². The average Bonchev–Trinajstić information content (AvgIpc) is 3.33. The smallest absolute Gasteiger partial charge is 0.154 e. The summed E-state index contributed by atoms with van der Waals surface area (Å²) < 4.78 is 7.13. The summed E-state index contributed by atoms with van der Waals surface area (Å²) in [5.41, 5.74) is 2.93. The molecule has 4 rings (SSSR count). The lowest BCUT2D eigenvalue weighted by Crippen LogP contribution is -2.21. The molecule has 22 heavy (non-hydrogen) atoms. The molecule has 0 N–H and O–H groups in total. The van der Waals surface area contributed by atoms with Gasteiger partial charge in [0.2, 0.25) is 0 Å². The molecule has 0 aliphatic heterocycles. The third kappa shape index (κ3) is 2.19. The standard InChI is InChI=1S/C17H18N4O/c1-20(13-5-6-13)17-10-9-16-18-11-15(21(16)19-17)12-3-7-14(22-2)8-4-12/h3-4,7-11,13H,5-6H2,1-2H3. The predicted octanol–water partition coefficient (Wildman–Crippen LogP) is 3.00. The van der Waals surface area contributed by atoms with E-state index in [4.69, 9.17) is 9.84 Å². The van der Waals surface area contributed by atoms with E-state index in [1.165, 1.54) is 12.8 Å². The molecule has 1 aromatic carbocycles. The van der Waals surface area contributed by atoms with E-state index in [-0.39, 0.29) is 0 Å². The Labute approximate surface area is 129 Å². The van der Waals surface area contributed by atoms with Crippen LogP contribution in [-0.2, 0) is 0 Å². The zero-order chi connectivity index (χ0) is 15.1. The van der Waals surface area contributed by atoms with Crippen LogP contribution in [0.15, 0.2) is 42.6 Å². The number of ether oxygens (including phenoxy) is 1. The largest absolute Gasteiger partial charge is 0.497 e. The molecule has 112 valence electrons. The Morgan fingerprint density at radius 3 is 2.59 bits per heavy atom. The van der Waals surface area contributed by atoms with Crippen molar-refractivity contribution in [2.75, 3.05) is 19.1 Å². The molecular weight excluding hydrogens is 276 g/mol. The van der Waals surface area contributed by atoms with Crippen molar-refractivity contribution in [3.63, 3.8) is 0 Å². The molecule has 1 saturated carbocycles. The monoisotopic (exact) mass is 294 g/mol. The number of fused-ring (bicyclic) bond motifs is 1. The van der Waals surface area contributed by atoms with Crippen molar-refractivity contribution in [2.24, 2.45) is 0 Å². The lowest BCUT2D eigenvalue weighted by molar-refractivity contribution is 0.415. The van der Waals surface area contributed by atoms with Crippen LogP contribution in [0.3, 0.4) is 0 Å². The van der Waals surface area contributed by atoms with Crippen LogP contribution >= 0.6 is 0 Å². The van der Waals surface area contributed by atoms with E-state index in [0.29, 0.717) is 6.04 Å². The van der Waals surface area contributed by atoms with Gasteiger partial charge in [-0.25, -0.2) is 9.50 Å². The fourth-order valence-electron chi connectivity index (χ4n) is 2.66. The molecule has 0 bridgehead atoms. The van der Waals surface area contributed by atoms with Gasteiger partial charge in [0.1, 0.15) is 11.6 Å². The van der Waals surface area contributed by atoms with Crippen molar-refractivity contribution < 1.29 is 4.74 Å². The average molecular weight is 294 g/mol. The van der Waals surface area contributed by atoms with Gasteiger partial charge in [0.05, 0.1) is 19.0 Å². The van der Waals surface area contributed by atoms with Gasteiger partial charge in [-0.3, -0.25) is 0 Å². The quantitative estimate of drug-likeness (QED) is 0.742. The molecule has 0 atom stereocenters. The Morgan fingerprint density at radius 2 is 1.91 bits per heavy atom. The number of hydrogen-bond acceptors (Lipinski definition) is 4. The molecule has 0 amide bonds. The minimum absolute atomic E-state index is 0.637. The highest BCUT2D eigenvalue weighted by atomic mass is 16.5. The maximum Gasteiger partial charge on any atom is 0.154 e. The van der Waals surface area contributed by atoms with E-state index in [1.54, 1.807) is 7.11 Å². The van der Waals surface area contributed by atoms with E-state index in [1.807, 2.05) is 47.1 Å². The summed E-state index contributed by atoms with van der Waals surface area (Å²) in [6.45, 7) is 0. The molecule has 1 aliphatic carbocycles. The number of hydrogen-bond donors (Lipinski definition) is 0. The van der Waals surface area contributed by atoms with Crippen LogP contribution in [0.4, 0.5) is 5.82 Å². The van der Waals surface area contributed by atoms with Crippen LogP contribution in [0.2, 0.25) is 0 Å². The van der Waals surface area contributed by atoms with Crippen LogP contribution in [0.1, 0.15) is 12.8 Å². The van der Waals surface area contributed by atoms with Gasteiger partial charge >= 0.3 is 0 Å². The van der Waals surface area contributed by atoms with Crippen molar-refractivity contribution >= 4 is 11.5 Å². The summed E-state index contributed by atoms with van der Waals surface area (Å²) in [7, 11) is 3.78. The molecule has 0 unspecified atom stereocenters. The molecule has 5 nitrogen and oxygen atoms in total. The zero-order valence-corrected chi connectivity index (χ0v) is 12.7. The van der Waals surface area contributed by atoms with Crippen molar-refractivity contribution in [3.8, 4) is 17.0 Å². The Bertz CT molecular complexity index is 805. The second-order valence-corrected chi connectivity index (χ2v) is 5.68. The number of anilines is 1. The number of nitrogens with zero attached hydrogens (tertiary/aromatic N) is 4. The van der Waals surface area contributed by atoms with Crippen molar-refractivity contribution in [3.05, 3.63) is 42.6 Å². The molecule has 1 aliphatic rings. The van der Waals surface area contributed by atoms with E-state index >= 15 is 0 Å². The first-order valence-corrected chi connectivity index (χ1v) is 7.48. The third-order valence-corrected chi connectivity index (χ3v) is 4.19. The molecule has 0 radical (unpaired) electrons. The molecule has 2 aromatic heterocycles. The van der Waals surface area contributed by atoms with Crippen LogP contribution in [0.25, 0.3) is 16.9 Å². The fourth-order valence-corrected chi connectivity index (χ4v) is 2.66. The first-order chi connectivity index (χ1) is 10.8.